The number of aldehydes is 1. The fourth-order valence-electron chi connectivity index (χ4n) is 2.80. The molecule has 2 rings (SSSR count). The van der Waals surface area contributed by atoms with Crippen molar-refractivity contribution in [3.63, 3.8) is 0 Å². The molecule has 0 bridgehead atoms. The van der Waals surface area contributed by atoms with Gasteiger partial charge in [-0.2, -0.15) is 0 Å². The molecule has 1 aromatic rings. The van der Waals surface area contributed by atoms with E-state index in [2.05, 4.69) is 6.92 Å². The van der Waals surface area contributed by atoms with E-state index in [0.29, 0.717) is 17.2 Å². The molecule has 104 valence electrons. The maximum absolute atomic E-state index is 11.1. The Morgan fingerprint density at radius 1 is 1.32 bits per heavy atom. The molecule has 1 aromatic carbocycles. The van der Waals surface area contributed by atoms with Crippen LogP contribution in [-0.2, 0) is 0 Å². The summed E-state index contributed by atoms with van der Waals surface area (Å²) in [5.41, 5.74) is 0.598. The van der Waals surface area contributed by atoms with Gasteiger partial charge in [0.1, 0.15) is 17.6 Å². The minimum atomic E-state index is 0.226. The molecule has 1 aliphatic carbocycles. The highest BCUT2D eigenvalue weighted by Crippen LogP contribution is 2.32. The van der Waals surface area contributed by atoms with Crippen molar-refractivity contribution in [2.24, 2.45) is 5.92 Å². The number of rotatable bonds is 5. The molecule has 0 amide bonds. The third-order valence-corrected chi connectivity index (χ3v) is 3.99. The Labute approximate surface area is 114 Å². The first kappa shape index (κ1) is 13.9. The lowest BCUT2D eigenvalue weighted by Gasteiger charge is -2.31. The Hall–Kier alpha value is -1.51. The Morgan fingerprint density at radius 3 is 2.79 bits per heavy atom. The summed E-state index contributed by atoms with van der Waals surface area (Å²) in [7, 11) is 1.62. The number of ether oxygens (including phenoxy) is 2. The third kappa shape index (κ3) is 3.28. The summed E-state index contributed by atoms with van der Waals surface area (Å²) in [6.07, 6.45) is 7.00. The van der Waals surface area contributed by atoms with Crippen molar-refractivity contribution in [1.82, 2.24) is 0 Å². The lowest BCUT2D eigenvalue weighted by atomic mass is 9.84. The Morgan fingerprint density at radius 2 is 2.11 bits per heavy atom. The molecule has 0 saturated heterocycles. The highest BCUT2D eigenvalue weighted by molar-refractivity contribution is 5.79. The molecule has 0 aliphatic heterocycles. The van der Waals surface area contributed by atoms with Crippen LogP contribution in [0, 0.1) is 5.92 Å². The van der Waals surface area contributed by atoms with Crippen molar-refractivity contribution < 1.29 is 14.3 Å². The van der Waals surface area contributed by atoms with E-state index >= 15 is 0 Å². The summed E-state index contributed by atoms with van der Waals surface area (Å²) in [5.74, 6) is 1.98. The van der Waals surface area contributed by atoms with Gasteiger partial charge in [0.05, 0.1) is 12.7 Å². The molecule has 1 fully saturated rings. The van der Waals surface area contributed by atoms with Gasteiger partial charge in [-0.25, -0.2) is 0 Å². The van der Waals surface area contributed by atoms with Crippen LogP contribution in [-0.4, -0.2) is 19.5 Å². The van der Waals surface area contributed by atoms with Gasteiger partial charge in [-0.05, 0) is 43.7 Å². The smallest absolute Gasteiger partial charge is 0.153 e. The summed E-state index contributed by atoms with van der Waals surface area (Å²) < 4.78 is 11.3. The van der Waals surface area contributed by atoms with Crippen LogP contribution in [0.2, 0.25) is 0 Å². The standard InChI is InChI=1S/C16H22O3/c1-3-12-6-4-5-7-15(12)19-16-10-14(18-2)9-8-13(16)11-17/h8-12,15H,3-7H2,1-2H3. The molecule has 0 radical (unpaired) electrons. The van der Waals surface area contributed by atoms with Gasteiger partial charge >= 0.3 is 0 Å². The minimum Gasteiger partial charge on any atom is -0.497 e. The van der Waals surface area contributed by atoms with E-state index in [9.17, 15) is 4.79 Å². The average Bonchev–Trinajstić information content (AvgIpc) is 2.47. The molecular formula is C16H22O3. The normalized spacial score (nSPS) is 22.8. The Kier molecular flexibility index (Phi) is 4.83. The van der Waals surface area contributed by atoms with E-state index in [0.717, 1.165) is 24.9 Å². The van der Waals surface area contributed by atoms with Crippen molar-refractivity contribution in [1.29, 1.82) is 0 Å². The van der Waals surface area contributed by atoms with Crippen LogP contribution in [0.3, 0.4) is 0 Å². The van der Waals surface area contributed by atoms with Crippen molar-refractivity contribution in [3.05, 3.63) is 23.8 Å². The van der Waals surface area contributed by atoms with Gasteiger partial charge in [-0.1, -0.05) is 13.3 Å². The number of benzene rings is 1. The average molecular weight is 262 g/mol. The maximum Gasteiger partial charge on any atom is 0.153 e. The van der Waals surface area contributed by atoms with Gasteiger partial charge in [0.25, 0.3) is 0 Å². The van der Waals surface area contributed by atoms with E-state index in [1.165, 1.54) is 19.3 Å². The molecule has 1 aliphatic rings. The first-order valence-corrected chi connectivity index (χ1v) is 7.08. The molecule has 0 heterocycles. The van der Waals surface area contributed by atoms with E-state index in [1.807, 2.05) is 6.07 Å². The molecule has 1 saturated carbocycles. The van der Waals surface area contributed by atoms with Crippen molar-refractivity contribution >= 4 is 6.29 Å². The van der Waals surface area contributed by atoms with Gasteiger partial charge < -0.3 is 9.47 Å². The minimum absolute atomic E-state index is 0.226. The number of methoxy groups -OCH3 is 1. The van der Waals surface area contributed by atoms with Gasteiger partial charge in [0.2, 0.25) is 0 Å². The van der Waals surface area contributed by atoms with Crippen molar-refractivity contribution in [2.75, 3.05) is 7.11 Å². The number of hydrogen-bond donors (Lipinski definition) is 0. The van der Waals surface area contributed by atoms with Crippen LogP contribution in [0.5, 0.6) is 11.5 Å². The monoisotopic (exact) mass is 262 g/mol. The lowest BCUT2D eigenvalue weighted by molar-refractivity contribution is 0.0881. The van der Waals surface area contributed by atoms with E-state index in [4.69, 9.17) is 9.47 Å². The maximum atomic E-state index is 11.1. The largest absolute Gasteiger partial charge is 0.497 e. The fourth-order valence-corrected chi connectivity index (χ4v) is 2.80. The first-order valence-electron chi connectivity index (χ1n) is 7.08. The summed E-state index contributed by atoms with van der Waals surface area (Å²) in [6, 6.07) is 5.35. The molecule has 3 heteroatoms. The molecule has 0 N–H and O–H groups in total. The zero-order valence-electron chi connectivity index (χ0n) is 11.7. The molecular weight excluding hydrogens is 240 g/mol. The van der Waals surface area contributed by atoms with E-state index in [1.54, 1.807) is 19.2 Å². The van der Waals surface area contributed by atoms with Gasteiger partial charge in [0, 0.05) is 6.07 Å². The second-order valence-electron chi connectivity index (χ2n) is 5.13. The third-order valence-electron chi connectivity index (χ3n) is 3.99. The lowest BCUT2D eigenvalue weighted by Crippen LogP contribution is -2.30. The quantitative estimate of drug-likeness (QED) is 0.756. The van der Waals surface area contributed by atoms with Crippen LogP contribution < -0.4 is 9.47 Å². The van der Waals surface area contributed by atoms with Crippen LogP contribution in [0.1, 0.15) is 49.4 Å². The van der Waals surface area contributed by atoms with Crippen LogP contribution >= 0.6 is 0 Å². The van der Waals surface area contributed by atoms with E-state index < -0.39 is 0 Å². The van der Waals surface area contributed by atoms with Crippen LogP contribution in [0.4, 0.5) is 0 Å². The van der Waals surface area contributed by atoms with Gasteiger partial charge in [-0.3, -0.25) is 4.79 Å². The predicted molar refractivity (Wildman–Crippen MR) is 75.0 cm³/mol. The molecule has 2 atom stereocenters. The number of carbonyl (C=O) groups is 1. The van der Waals surface area contributed by atoms with Gasteiger partial charge in [0.15, 0.2) is 6.29 Å². The summed E-state index contributed by atoms with van der Waals surface area (Å²) >= 11 is 0. The highest BCUT2D eigenvalue weighted by Gasteiger charge is 2.26. The molecule has 3 nitrogen and oxygen atoms in total. The fraction of sp³-hybridized carbons (Fsp3) is 0.562. The zero-order chi connectivity index (χ0) is 13.7. The SMILES string of the molecule is CCC1CCCCC1Oc1cc(OC)ccc1C=O. The van der Waals surface area contributed by atoms with Gasteiger partial charge in [-0.15, -0.1) is 0 Å². The second-order valence-corrected chi connectivity index (χ2v) is 5.13. The molecule has 19 heavy (non-hydrogen) atoms. The van der Waals surface area contributed by atoms with Crippen LogP contribution in [0.25, 0.3) is 0 Å². The number of carbonyl (C=O) groups excluding carboxylic acids is 1. The molecule has 0 aromatic heterocycles. The summed E-state index contributed by atoms with van der Waals surface area (Å²) in [6.45, 7) is 2.21. The van der Waals surface area contributed by atoms with Crippen molar-refractivity contribution in [3.8, 4) is 11.5 Å². The summed E-state index contributed by atoms with van der Waals surface area (Å²) in [5, 5.41) is 0. The summed E-state index contributed by atoms with van der Waals surface area (Å²) in [4.78, 5) is 11.1. The highest BCUT2D eigenvalue weighted by atomic mass is 16.5. The van der Waals surface area contributed by atoms with E-state index in [-0.39, 0.29) is 6.10 Å². The predicted octanol–water partition coefficient (Wildman–Crippen LogP) is 3.86. The Bertz CT molecular complexity index is 428. The second kappa shape index (κ2) is 6.60. The number of hydrogen-bond acceptors (Lipinski definition) is 3. The first-order chi connectivity index (χ1) is 9.28. The molecule has 2 unspecified atom stereocenters. The topological polar surface area (TPSA) is 35.5 Å². The molecule has 0 spiro atoms. The Balaban J connectivity index is 2.18. The van der Waals surface area contributed by atoms with Crippen molar-refractivity contribution in [2.45, 2.75) is 45.1 Å². The van der Waals surface area contributed by atoms with Crippen LogP contribution in [0.15, 0.2) is 18.2 Å². The zero-order valence-corrected chi connectivity index (χ0v) is 11.7.